The summed E-state index contributed by atoms with van der Waals surface area (Å²) in [6.07, 6.45) is 2.18. The maximum atomic E-state index is 10.3. The molecule has 2 aromatic heterocycles. The van der Waals surface area contributed by atoms with Crippen molar-refractivity contribution in [2.45, 2.75) is 12.8 Å². The summed E-state index contributed by atoms with van der Waals surface area (Å²) in [5.74, 6) is -0.815. The normalized spacial score (nSPS) is 10.6. The van der Waals surface area contributed by atoms with Crippen molar-refractivity contribution in [1.82, 2.24) is 20.4 Å². The standard InChI is InChI=1S/C8H8N4O2/c13-7(14)2-1-5-3-6-8(9-4-5)11-12-10-6/h3-4H,1-2H2,(H,13,14)(H,9,10,11,12). The Hall–Kier alpha value is -1.98. The van der Waals surface area contributed by atoms with Crippen LogP contribution in [0.4, 0.5) is 0 Å². The number of aromatic nitrogens is 4. The number of aliphatic carboxylic acids is 1. The second-order valence-electron chi connectivity index (χ2n) is 2.90. The number of pyridine rings is 1. The third kappa shape index (κ3) is 1.68. The highest BCUT2D eigenvalue weighted by Gasteiger charge is 2.03. The van der Waals surface area contributed by atoms with Gasteiger partial charge < -0.3 is 5.11 Å². The Morgan fingerprint density at radius 3 is 3.14 bits per heavy atom. The SMILES string of the molecule is O=C(O)CCc1cnc2n[nH]nc2c1. The first kappa shape index (κ1) is 8.61. The maximum Gasteiger partial charge on any atom is 0.303 e. The fourth-order valence-electron chi connectivity index (χ4n) is 1.17. The van der Waals surface area contributed by atoms with Crippen LogP contribution in [0, 0.1) is 0 Å². The summed E-state index contributed by atoms with van der Waals surface area (Å²) in [6.45, 7) is 0. The molecule has 6 heteroatoms. The van der Waals surface area contributed by atoms with Crippen molar-refractivity contribution in [3.05, 3.63) is 17.8 Å². The molecule has 6 nitrogen and oxygen atoms in total. The number of carbonyl (C=O) groups is 1. The molecule has 0 aliphatic heterocycles. The molecule has 0 amide bonds. The van der Waals surface area contributed by atoms with E-state index >= 15 is 0 Å². The zero-order valence-electron chi connectivity index (χ0n) is 7.27. The summed E-state index contributed by atoms with van der Waals surface area (Å²) in [4.78, 5) is 14.4. The molecule has 0 unspecified atom stereocenters. The van der Waals surface area contributed by atoms with E-state index in [-0.39, 0.29) is 6.42 Å². The number of carboxylic acids is 1. The molecule has 2 rings (SSSR count). The number of nitrogens with one attached hydrogen (secondary N) is 1. The molecule has 2 aromatic rings. The first-order valence-corrected chi connectivity index (χ1v) is 4.13. The Morgan fingerprint density at radius 2 is 2.36 bits per heavy atom. The molecule has 2 heterocycles. The van der Waals surface area contributed by atoms with E-state index in [4.69, 9.17) is 5.11 Å². The van der Waals surface area contributed by atoms with E-state index in [2.05, 4.69) is 20.4 Å². The number of fused-ring (bicyclic) bond motifs is 1. The van der Waals surface area contributed by atoms with Crippen LogP contribution in [0.5, 0.6) is 0 Å². The van der Waals surface area contributed by atoms with Gasteiger partial charge in [-0.25, -0.2) is 4.98 Å². The van der Waals surface area contributed by atoms with E-state index < -0.39 is 5.97 Å². The Kier molecular flexibility index (Phi) is 2.10. The van der Waals surface area contributed by atoms with E-state index in [1.54, 1.807) is 12.3 Å². The lowest BCUT2D eigenvalue weighted by Crippen LogP contribution is -1.97. The first-order chi connectivity index (χ1) is 6.75. The maximum absolute atomic E-state index is 10.3. The number of carboxylic acid groups (broad SMARTS) is 1. The zero-order chi connectivity index (χ0) is 9.97. The monoisotopic (exact) mass is 192 g/mol. The Morgan fingerprint density at radius 1 is 1.50 bits per heavy atom. The van der Waals surface area contributed by atoms with Crippen LogP contribution in [0.2, 0.25) is 0 Å². The number of H-pyrrole nitrogens is 1. The smallest absolute Gasteiger partial charge is 0.303 e. The number of aromatic amines is 1. The summed E-state index contributed by atoms with van der Waals surface area (Å²) in [5.41, 5.74) is 2.06. The van der Waals surface area contributed by atoms with Gasteiger partial charge in [-0.2, -0.15) is 10.3 Å². The number of hydrogen-bond acceptors (Lipinski definition) is 4. The lowest BCUT2D eigenvalue weighted by molar-refractivity contribution is -0.136. The largest absolute Gasteiger partial charge is 0.481 e. The summed E-state index contributed by atoms with van der Waals surface area (Å²) in [7, 11) is 0. The summed E-state index contributed by atoms with van der Waals surface area (Å²) in [6, 6.07) is 1.79. The van der Waals surface area contributed by atoms with E-state index in [9.17, 15) is 4.79 Å². The van der Waals surface area contributed by atoms with E-state index in [1.807, 2.05) is 0 Å². The minimum atomic E-state index is -0.815. The van der Waals surface area contributed by atoms with E-state index in [1.165, 1.54) is 0 Å². The molecular formula is C8H8N4O2. The number of hydrogen-bond donors (Lipinski definition) is 2. The topological polar surface area (TPSA) is 91.8 Å². The molecule has 2 N–H and O–H groups in total. The van der Waals surface area contributed by atoms with Crippen molar-refractivity contribution in [2.24, 2.45) is 0 Å². The second-order valence-corrected chi connectivity index (χ2v) is 2.90. The third-order valence-corrected chi connectivity index (χ3v) is 1.86. The third-order valence-electron chi connectivity index (χ3n) is 1.86. The molecule has 14 heavy (non-hydrogen) atoms. The van der Waals surface area contributed by atoms with Gasteiger partial charge in [0.1, 0.15) is 5.52 Å². The molecular weight excluding hydrogens is 184 g/mol. The van der Waals surface area contributed by atoms with Crippen molar-refractivity contribution in [2.75, 3.05) is 0 Å². The minimum absolute atomic E-state index is 0.102. The Balaban J connectivity index is 2.21. The summed E-state index contributed by atoms with van der Waals surface area (Å²) < 4.78 is 0. The van der Waals surface area contributed by atoms with Gasteiger partial charge >= 0.3 is 5.97 Å². The average molecular weight is 192 g/mol. The Labute approximate surface area is 79.0 Å². The highest BCUT2D eigenvalue weighted by molar-refractivity contribution is 5.70. The van der Waals surface area contributed by atoms with Crippen LogP contribution in [-0.4, -0.2) is 31.5 Å². The van der Waals surface area contributed by atoms with Crippen LogP contribution in [-0.2, 0) is 11.2 Å². The van der Waals surface area contributed by atoms with Gasteiger partial charge in [-0.3, -0.25) is 4.79 Å². The highest BCUT2D eigenvalue weighted by Crippen LogP contribution is 2.08. The molecule has 0 aromatic carbocycles. The second kappa shape index (κ2) is 3.41. The minimum Gasteiger partial charge on any atom is -0.481 e. The number of nitrogens with zero attached hydrogens (tertiary/aromatic N) is 3. The predicted molar refractivity (Wildman–Crippen MR) is 47.6 cm³/mol. The molecule has 0 aliphatic carbocycles. The molecule has 72 valence electrons. The fourth-order valence-corrected chi connectivity index (χ4v) is 1.17. The predicted octanol–water partition coefficient (Wildman–Crippen LogP) is 0.370. The average Bonchev–Trinajstić information content (AvgIpc) is 2.61. The van der Waals surface area contributed by atoms with Crippen LogP contribution in [0.1, 0.15) is 12.0 Å². The van der Waals surface area contributed by atoms with Gasteiger partial charge in [-0.05, 0) is 18.1 Å². The van der Waals surface area contributed by atoms with Crippen LogP contribution in [0.15, 0.2) is 12.3 Å². The summed E-state index contributed by atoms with van der Waals surface area (Å²) in [5, 5.41) is 18.6. The fraction of sp³-hybridized carbons (Fsp3) is 0.250. The van der Waals surface area contributed by atoms with Crippen molar-refractivity contribution in [3.63, 3.8) is 0 Å². The molecule has 0 atom stereocenters. The zero-order valence-corrected chi connectivity index (χ0v) is 7.27. The van der Waals surface area contributed by atoms with Gasteiger partial charge in [0.2, 0.25) is 5.65 Å². The van der Waals surface area contributed by atoms with Gasteiger partial charge in [-0.1, -0.05) is 0 Å². The van der Waals surface area contributed by atoms with Gasteiger partial charge in [0.25, 0.3) is 0 Å². The molecule has 0 fully saturated rings. The number of rotatable bonds is 3. The lowest BCUT2D eigenvalue weighted by atomic mass is 10.1. The van der Waals surface area contributed by atoms with Crippen LogP contribution < -0.4 is 0 Å². The molecule has 0 spiro atoms. The van der Waals surface area contributed by atoms with Crippen LogP contribution >= 0.6 is 0 Å². The molecule has 0 radical (unpaired) electrons. The van der Waals surface area contributed by atoms with Crippen LogP contribution in [0.25, 0.3) is 11.2 Å². The quantitative estimate of drug-likeness (QED) is 0.732. The lowest BCUT2D eigenvalue weighted by Gasteiger charge is -1.96. The van der Waals surface area contributed by atoms with Gasteiger partial charge in [0, 0.05) is 12.6 Å². The van der Waals surface area contributed by atoms with Crippen molar-refractivity contribution >= 4 is 17.1 Å². The van der Waals surface area contributed by atoms with E-state index in [0.29, 0.717) is 17.6 Å². The van der Waals surface area contributed by atoms with Gasteiger partial charge in [0.15, 0.2) is 0 Å². The van der Waals surface area contributed by atoms with Crippen molar-refractivity contribution < 1.29 is 9.90 Å². The van der Waals surface area contributed by atoms with Gasteiger partial charge in [0.05, 0.1) is 0 Å². The highest BCUT2D eigenvalue weighted by atomic mass is 16.4. The molecule has 0 bridgehead atoms. The summed E-state index contributed by atoms with van der Waals surface area (Å²) >= 11 is 0. The molecule has 0 saturated carbocycles. The van der Waals surface area contributed by atoms with Gasteiger partial charge in [-0.15, -0.1) is 5.10 Å². The van der Waals surface area contributed by atoms with Crippen LogP contribution in [0.3, 0.4) is 0 Å². The first-order valence-electron chi connectivity index (χ1n) is 4.13. The molecule has 0 saturated heterocycles. The molecule has 0 aliphatic rings. The van der Waals surface area contributed by atoms with Crippen molar-refractivity contribution in [3.8, 4) is 0 Å². The van der Waals surface area contributed by atoms with Crippen molar-refractivity contribution in [1.29, 1.82) is 0 Å². The van der Waals surface area contributed by atoms with E-state index in [0.717, 1.165) is 5.56 Å². The number of aryl methyl sites for hydroxylation is 1. The Bertz CT molecular complexity index is 465.